The maximum atomic E-state index is 4.60. The molecule has 0 spiro atoms. The summed E-state index contributed by atoms with van der Waals surface area (Å²) in [5, 5.41) is 14.7. The van der Waals surface area contributed by atoms with E-state index in [0.717, 1.165) is 42.2 Å². The highest BCUT2D eigenvalue weighted by atomic mass is 32.1. The van der Waals surface area contributed by atoms with Gasteiger partial charge in [-0.2, -0.15) is 4.98 Å². The molecule has 2 fully saturated rings. The Morgan fingerprint density at radius 3 is 3.26 bits per heavy atom. The molecule has 0 amide bonds. The van der Waals surface area contributed by atoms with Crippen LogP contribution in [0.4, 0.5) is 5.95 Å². The van der Waals surface area contributed by atoms with Crippen molar-refractivity contribution in [3.63, 3.8) is 0 Å². The van der Waals surface area contributed by atoms with Gasteiger partial charge in [-0.1, -0.05) is 4.49 Å². The van der Waals surface area contributed by atoms with Gasteiger partial charge < -0.3 is 10.2 Å². The van der Waals surface area contributed by atoms with Gasteiger partial charge in [-0.3, -0.25) is 5.10 Å². The Kier molecular flexibility index (Phi) is 2.70. The summed E-state index contributed by atoms with van der Waals surface area (Å²) >= 11 is 1.33. The number of anilines is 1. The highest BCUT2D eigenvalue weighted by Gasteiger charge is 2.36. The molecule has 0 radical (unpaired) electrons. The minimum Gasteiger partial charge on any atom is -0.335 e. The van der Waals surface area contributed by atoms with Crippen LogP contribution in [0, 0.1) is 5.92 Å². The molecule has 0 aliphatic carbocycles. The van der Waals surface area contributed by atoms with Crippen LogP contribution in [0.15, 0.2) is 6.20 Å². The van der Waals surface area contributed by atoms with Crippen LogP contribution >= 0.6 is 11.5 Å². The molecule has 2 N–H and O–H groups in total. The number of H-pyrrole nitrogens is 1. The van der Waals surface area contributed by atoms with Crippen LogP contribution in [0.25, 0.3) is 10.7 Å². The number of piperidine rings is 1. The Labute approximate surface area is 114 Å². The lowest BCUT2D eigenvalue weighted by atomic mass is 9.92. The van der Waals surface area contributed by atoms with Crippen molar-refractivity contribution in [1.29, 1.82) is 0 Å². The summed E-state index contributed by atoms with van der Waals surface area (Å²) in [4.78, 5) is 7.86. The molecule has 19 heavy (non-hydrogen) atoms. The van der Waals surface area contributed by atoms with Crippen molar-refractivity contribution in [3.8, 4) is 10.7 Å². The average molecular weight is 277 g/mol. The van der Waals surface area contributed by atoms with Crippen molar-refractivity contribution in [1.82, 2.24) is 30.1 Å². The molecular weight excluding hydrogens is 262 g/mol. The Morgan fingerprint density at radius 2 is 2.37 bits per heavy atom. The summed E-state index contributed by atoms with van der Waals surface area (Å²) in [6.07, 6.45) is 4.24. The molecule has 2 aliphatic rings. The number of aromatic amines is 1. The molecule has 0 aromatic carbocycles. The Balaban J connectivity index is 1.62. The minimum atomic E-state index is 0.539. The quantitative estimate of drug-likeness (QED) is 0.832. The molecule has 4 rings (SSSR count). The first kappa shape index (κ1) is 11.3. The largest absolute Gasteiger partial charge is 0.335 e. The van der Waals surface area contributed by atoms with Crippen LogP contribution in [0.2, 0.25) is 0 Å². The van der Waals surface area contributed by atoms with Gasteiger partial charge in [-0.15, -0.1) is 10.2 Å². The van der Waals surface area contributed by atoms with Crippen molar-refractivity contribution in [2.24, 2.45) is 5.92 Å². The normalized spacial score (nSPS) is 26.6. The minimum absolute atomic E-state index is 0.539. The predicted octanol–water partition coefficient (Wildman–Crippen LogP) is 0.511. The van der Waals surface area contributed by atoms with E-state index in [9.17, 15) is 0 Å². The second-order valence-electron chi connectivity index (χ2n) is 5.09. The first-order valence-electron chi connectivity index (χ1n) is 6.59. The smallest absolute Gasteiger partial charge is 0.245 e. The van der Waals surface area contributed by atoms with Gasteiger partial charge in [-0.25, -0.2) is 0 Å². The van der Waals surface area contributed by atoms with Gasteiger partial charge in [0, 0.05) is 25.7 Å². The number of hydrogen-bond acceptors (Lipinski definition) is 7. The second-order valence-corrected chi connectivity index (χ2v) is 5.87. The Morgan fingerprint density at radius 1 is 1.37 bits per heavy atom. The van der Waals surface area contributed by atoms with Crippen molar-refractivity contribution >= 4 is 17.5 Å². The van der Waals surface area contributed by atoms with Gasteiger partial charge in [0.1, 0.15) is 4.88 Å². The van der Waals surface area contributed by atoms with E-state index in [1.165, 1.54) is 24.4 Å². The topological polar surface area (TPSA) is 82.6 Å². The molecule has 0 saturated carbocycles. The fourth-order valence-corrected chi connectivity index (χ4v) is 3.53. The van der Waals surface area contributed by atoms with Crippen molar-refractivity contribution in [2.45, 2.75) is 18.9 Å². The summed E-state index contributed by atoms with van der Waals surface area (Å²) in [6.45, 7) is 3.20. The first-order chi connectivity index (χ1) is 9.42. The SMILES string of the molecule is c1nnsc1-c1nc(N2CCCC3CNCC32)n[nH]1. The zero-order chi connectivity index (χ0) is 12.7. The molecule has 2 aromatic heterocycles. The molecule has 7 nitrogen and oxygen atoms in total. The molecule has 2 atom stereocenters. The molecule has 0 bridgehead atoms. The van der Waals surface area contributed by atoms with Crippen LogP contribution in [0.1, 0.15) is 12.8 Å². The Hall–Kier alpha value is -1.54. The van der Waals surface area contributed by atoms with Crippen LogP contribution in [0.3, 0.4) is 0 Å². The van der Waals surface area contributed by atoms with Crippen molar-refractivity contribution < 1.29 is 0 Å². The van der Waals surface area contributed by atoms with Gasteiger partial charge >= 0.3 is 0 Å². The van der Waals surface area contributed by atoms with Crippen LogP contribution in [-0.2, 0) is 0 Å². The van der Waals surface area contributed by atoms with Crippen LogP contribution in [0.5, 0.6) is 0 Å². The number of aromatic nitrogens is 5. The third kappa shape index (κ3) is 1.91. The van der Waals surface area contributed by atoms with Gasteiger partial charge in [0.15, 0.2) is 5.82 Å². The number of fused-ring (bicyclic) bond motifs is 1. The monoisotopic (exact) mass is 277 g/mol. The molecule has 4 heterocycles. The molecular formula is C11H15N7S. The van der Waals surface area contributed by atoms with Gasteiger partial charge in [0.25, 0.3) is 0 Å². The maximum absolute atomic E-state index is 4.60. The third-order valence-electron chi connectivity index (χ3n) is 4.00. The van der Waals surface area contributed by atoms with E-state index in [0.29, 0.717) is 6.04 Å². The van der Waals surface area contributed by atoms with Crippen LogP contribution < -0.4 is 10.2 Å². The van der Waals surface area contributed by atoms with E-state index in [2.05, 4.69) is 35.0 Å². The fraction of sp³-hybridized carbons (Fsp3) is 0.636. The second kappa shape index (κ2) is 4.53. The fourth-order valence-electron chi connectivity index (χ4n) is 3.08. The standard InChI is InChI=1S/C11H15N7S/c1-2-7-4-12-5-8(7)18(3-1)11-14-10(15-16-11)9-6-13-17-19-9/h6-8,12H,1-5H2,(H,14,15,16). The highest BCUT2D eigenvalue weighted by molar-refractivity contribution is 7.09. The molecule has 2 aliphatic heterocycles. The number of nitrogens with one attached hydrogen (secondary N) is 2. The number of nitrogens with zero attached hydrogens (tertiary/aromatic N) is 5. The third-order valence-corrected chi connectivity index (χ3v) is 4.67. The summed E-state index contributed by atoms with van der Waals surface area (Å²) in [5.74, 6) is 2.31. The predicted molar refractivity (Wildman–Crippen MR) is 72.0 cm³/mol. The van der Waals surface area contributed by atoms with E-state index in [1.807, 2.05) is 0 Å². The summed E-state index contributed by atoms with van der Waals surface area (Å²) in [7, 11) is 0. The summed E-state index contributed by atoms with van der Waals surface area (Å²) < 4.78 is 3.85. The maximum Gasteiger partial charge on any atom is 0.245 e. The first-order valence-corrected chi connectivity index (χ1v) is 7.36. The molecule has 2 saturated heterocycles. The number of hydrogen-bond donors (Lipinski definition) is 2. The van der Waals surface area contributed by atoms with E-state index in [4.69, 9.17) is 0 Å². The molecule has 2 unspecified atom stereocenters. The zero-order valence-corrected chi connectivity index (χ0v) is 11.2. The van der Waals surface area contributed by atoms with Gasteiger partial charge in [0.2, 0.25) is 5.95 Å². The number of rotatable bonds is 2. The van der Waals surface area contributed by atoms with Crippen molar-refractivity contribution in [2.75, 3.05) is 24.5 Å². The zero-order valence-electron chi connectivity index (χ0n) is 10.4. The molecule has 100 valence electrons. The summed E-state index contributed by atoms with van der Waals surface area (Å²) in [5.41, 5.74) is 0. The lowest BCUT2D eigenvalue weighted by molar-refractivity contribution is 0.381. The van der Waals surface area contributed by atoms with E-state index < -0.39 is 0 Å². The van der Waals surface area contributed by atoms with E-state index in [-0.39, 0.29) is 0 Å². The Bertz CT molecular complexity index is 551. The highest BCUT2D eigenvalue weighted by Crippen LogP contribution is 2.30. The van der Waals surface area contributed by atoms with Crippen LogP contribution in [-0.4, -0.2) is 50.4 Å². The lowest BCUT2D eigenvalue weighted by Gasteiger charge is -2.36. The van der Waals surface area contributed by atoms with E-state index >= 15 is 0 Å². The van der Waals surface area contributed by atoms with E-state index in [1.54, 1.807) is 6.20 Å². The molecule has 8 heteroatoms. The molecule has 2 aromatic rings. The summed E-state index contributed by atoms with van der Waals surface area (Å²) in [6, 6.07) is 0.539. The van der Waals surface area contributed by atoms with Crippen molar-refractivity contribution in [3.05, 3.63) is 6.20 Å². The van der Waals surface area contributed by atoms with Gasteiger partial charge in [-0.05, 0) is 30.3 Å². The lowest BCUT2D eigenvalue weighted by Crippen LogP contribution is -2.45. The van der Waals surface area contributed by atoms with Gasteiger partial charge in [0.05, 0.1) is 6.20 Å². The average Bonchev–Trinajstić information content (AvgIpc) is 3.18.